The topological polar surface area (TPSA) is 84.1 Å². The molecule has 0 aliphatic heterocycles. The Morgan fingerprint density at radius 1 is 1.26 bits per heavy atom. The van der Waals surface area contributed by atoms with Gasteiger partial charge in [-0.15, -0.1) is 0 Å². The molecule has 0 saturated carbocycles. The van der Waals surface area contributed by atoms with Crippen LogP contribution in [0.2, 0.25) is 0 Å². The number of nitrogens with one attached hydrogen (secondary N) is 2. The summed E-state index contributed by atoms with van der Waals surface area (Å²) in [5, 5.41) is 8.99. The number of carbonyl (C=O) groups is 1. The number of para-hydroxylation sites is 1. The van der Waals surface area contributed by atoms with E-state index in [9.17, 15) is 9.59 Å². The third-order valence-corrected chi connectivity index (χ3v) is 3.67. The van der Waals surface area contributed by atoms with Crippen molar-refractivity contribution in [1.82, 2.24) is 15.5 Å². The summed E-state index contributed by atoms with van der Waals surface area (Å²) in [6.45, 7) is 4.08. The third-order valence-electron chi connectivity index (χ3n) is 3.67. The van der Waals surface area contributed by atoms with Gasteiger partial charge in [0.2, 0.25) is 0 Å². The largest absolute Gasteiger partial charge is 0.496 e. The van der Waals surface area contributed by atoms with Crippen molar-refractivity contribution >= 4 is 5.91 Å². The van der Waals surface area contributed by atoms with Gasteiger partial charge in [-0.05, 0) is 30.0 Å². The molecule has 0 unspecified atom stereocenters. The van der Waals surface area contributed by atoms with Gasteiger partial charge in [0.1, 0.15) is 11.4 Å². The lowest BCUT2D eigenvalue weighted by atomic mass is 9.95. The molecule has 0 spiro atoms. The minimum Gasteiger partial charge on any atom is -0.496 e. The van der Waals surface area contributed by atoms with Crippen molar-refractivity contribution in [3.05, 3.63) is 58.0 Å². The Labute approximate surface area is 134 Å². The molecule has 6 heteroatoms. The van der Waals surface area contributed by atoms with Gasteiger partial charge in [-0.25, -0.2) is 5.10 Å². The zero-order valence-corrected chi connectivity index (χ0v) is 13.5. The van der Waals surface area contributed by atoms with Crippen LogP contribution in [0.4, 0.5) is 0 Å². The van der Waals surface area contributed by atoms with Gasteiger partial charge < -0.3 is 10.1 Å². The quantitative estimate of drug-likeness (QED) is 0.851. The minimum absolute atomic E-state index is 0.0764. The fraction of sp³-hybridized carbons (Fsp3) is 0.353. The standard InChI is InChI=1S/C17H21N3O3/c1-11(2)14(10-12-6-4-5-7-15(12)23-3)18-17(22)13-8-9-16(21)20-19-13/h4-9,11,14H,10H2,1-3H3,(H,18,22)(H,20,21)/t14-/m0/s1. The molecule has 0 fully saturated rings. The van der Waals surface area contributed by atoms with Crippen LogP contribution in [0.5, 0.6) is 5.75 Å². The highest BCUT2D eigenvalue weighted by atomic mass is 16.5. The number of hydrogen-bond donors (Lipinski definition) is 2. The van der Waals surface area contributed by atoms with Crippen molar-refractivity contribution in [1.29, 1.82) is 0 Å². The molecule has 0 bridgehead atoms. The number of aromatic nitrogens is 2. The number of hydrogen-bond acceptors (Lipinski definition) is 4. The highest BCUT2D eigenvalue weighted by Gasteiger charge is 2.20. The van der Waals surface area contributed by atoms with Gasteiger partial charge in [0.15, 0.2) is 0 Å². The number of ether oxygens (including phenoxy) is 1. The Balaban J connectivity index is 2.14. The normalized spacial score (nSPS) is 12.0. The van der Waals surface area contributed by atoms with Crippen LogP contribution in [0, 0.1) is 5.92 Å². The summed E-state index contributed by atoms with van der Waals surface area (Å²) in [7, 11) is 1.63. The first-order valence-corrected chi connectivity index (χ1v) is 7.49. The van der Waals surface area contributed by atoms with E-state index < -0.39 is 0 Å². The molecule has 1 atom stereocenters. The molecule has 0 saturated heterocycles. The number of methoxy groups -OCH3 is 1. The fourth-order valence-electron chi connectivity index (χ4n) is 2.28. The van der Waals surface area contributed by atoms with Gasteiger partial charge in [-0.3, -0.25) is 9.59 Å². The lowest BCUT2D eigenvalue weighted by Gasteiger charge is -2.23. The summed E-state index contributed by atoms with van der Waals surface area (Å²) >= 11 is 0. The van der Waals surface area contributed by atoms with Crippen LogP contribution in [0.1, 0.15) is 29.9 Å². The Morgan fingerprint density at radius 2 is 2.00 bits per heavy atom. The van der Waals surface area contributed by atoms with Crippen LogP contribution < -0.4 is 15.6 Å². The molecular weight excluding hydrogens is 294 g/mol. The van der Waals surface area contributed by atoms with Crippen LogP contribution in [-0.2, 0) is 6.42 Å². The average Bonchev–Trinajstić information content (AvgIpc) is 2.55. The van der Waals surface area contributed by atoms with E-state index in [1.807, 2.05) is 38.1 Å². The summed E-state index contributed by atoms with van der Waals surface area (Å²) in [5.74, 6) is 0.719. The van der Waals surface area contributed by atoms with Crippen molar-refractivity contribution in [3.63, 3.8) is 0 Å². The number of rotatable bonds is 6. The summed E-state index contributed by atoms with van der Waals surface area (Å²) < 4.78 is 5.36. The summed E-state index contributed by atoms with van der Waals surface area (Å²) in [5.41, 5.74) is 0.884. The average molecular weight is 315 g/mol. The maximum Gasteiger partial charge on any atom is 0.271 e. The monoisotopic (exact) mass is 315 g/mol. The van der Waals surface area contributed by atoms with Crippen molar-refractivity contribution in [2.45, 2.75) is 26.3 Å². The predicted octanol–water partition coefficient (Wildman–Crippen LogP) is 1.78. The van der Waals surface area contributed by atoms with Crippen molar-refractivity contribution in [2.75, 3.05) is 7.11 Å². The SMILES string of the molecule is COc1ccccc1C[C@H](NC(=O)c1ccc(=O)[nH]n1)C(C)C. The van der Waals surface area contributed by atoms with Crippen LogP contribution in [0.25, 0.3) is 0 Å². The van der Waals surface area contributed by atoms with E-state index in [1.54, 1.807) is 7.11 Å². The molecule has 6 nitrogen and oxygen atoms in total. The van der Waals surface area contributed by atoms with Gasteiger partial charge in [0, 0.05) is 12.1 Å². The van der Waals surface area contributed by atoms with Crippen molar-refractivity contribution in [2.24, 2.45) is 5.92 Å². The van der Waals surface area contributed by atoms with Crippen molar-refractivity contribution in [3.8, 4) is 5.75 Å². The van der Waals surface area contributed by atoms with Crippen LogP contribution in [0.15, 0.2) is 41.2 Å². The van der Waals surface area contributed by atoms with Crippen LogP contribution in [0.3, 0.4) is 0 Å². The van der Waals surface area contributed by atoms with E-state index in [0.29, 0.717) is 6.42 Å². The molecule has 0 aliphatic rings. The van der Waals surface area contributed by atoms with E-state index in [4.69, 9.17) is 4.74 Å². The molecule has 2 N–H and O–H groups in total. The first-order valence-electron chi connectivity index (χ1n) is 7.49. The molecule has 0 aliphatic carbocycles. The Bertz CT molecular complexity index is 705. The van der Waals surface area contributed by atoms with Crippen molar-refractivity contribution < 1.29 is 9.53 Å². The van der Waals surface area contributed by atoms with E-state index >= 15 is 0 Å². The number of nitrogens with zero attached hydrogens (tertiary/aromatic N) is 1. The maximum absolute atomic E-state index is 12.3. The van der Waals surface area contributed by atoms with Crippen LogP contribution >= 0.6 is 0 Å². The molecule has 0 radical (unpaired) electrons. The van der Waals surface area contributed by atoms with E-state index in [-0.39, 0.29) is 29.1 Å². The van der Waals surface area contributed by atoms with E-state index in [1.165, 1.54) is 12.1 Å². The zero-order valence-electron chi connectivity index (χ0n) is 13.5. The third kappa shape index (κ3) is 4.42. The Hall–Kier alpha value is -2.63. The molecule has 2 aromatic rings. The Kier molecular flexibility index (Phi) is 5.51. The van der Waals surface area contributed by atoms with E-state index in [2.05, 4.69) is 15.5 Å². The fourth-order valence-corrected chi connectivity index (χ4v) is 2.28. The molecule has 23 heavy (non-hydrogen) atoms. The minimum atomic E-state index is -0.337. The van der Waals surface area contributed by atoms with Gasteiger partial charge >= 0.3 is 0 Å². The van der Waals surface area contributed by atoms with Gasteiger partial charge in [0.05, 0.1) is 7.11 Å². The second kappa shape index (κ2) is 7.58. The zero-order chi connectivity index (χ0) is 16.8. The lowest BCUT2D eigenvalue weighted by Crippen LogP contribution is -2.40. The van der Waals surface area contributed by atoms with Gasteiger partial charge in [-0.2, -0.15) is 5.10 Å². The molecule has 1 amide bonds. The molecule has 1 aromatic carbocycles. The molecule has 2 rings (SSSR count). The number of carbonyl (C=O) groups excluding carboxylic acids is 1. The highest BCUT2D eigenvalue weighted by molar-refractivity contribution is 5.92. The van der Waals surface area contributed by atoms with Gasteiger partial charge in [0.25, 0.3) is 11.5 Å². The highest BCUT2D eigenvalue weighted by Crippen LogP contribution is 2.21. The predicted molar refractivity (Wildman–Crippen MR) is 87.6 cm³/mol. The van der Waals surface area contributed by atoms with Gasteiger partial charge in [-0.1, -0.05) is 32.0 Å². The second-order valence-corrected chi connectivity index (χ2v) is 5.65. The maximum atomic E-state index is 12.3. The number of aromatic amines is 1. The lowest BCUT2D eigenvalue weighted by molar-refractivity contribution is 0.0919. The van der Waals surface area contributed by atoms with Crippen LogP contribution in [-0.4, -0.2) is 29.3 Å². The summed E-state index contributed by atoms with van der Waals surface area (Å²) in [6, 6.07) is 10.4. The van der Waals surface area contributed by atoms with E-state index in [0.717, 1.165) is 11.3 Å². The Morgan fingerprint density at radius 3 is 2.61 bits per heavy atom. The molecular formula is C17H21N3O3. The molecule has 1 aromatic heterocycles. The smallest absolute Gasteiger partial charge is 0.271 e. The summed E-state index contributed by atoms with van der Waals surface area (Å²) in [4.78, 5) is 23.3. The first-order chi connectivity index (χ1) is 11.0. The number of H-pyrrole nitrogens is 1. The first kappa shape index (κ1) is 16.7. The molecule has 1 heterocycles. The number of amides is 1. The second-order valence-electron chi connectivity index (χ2n) is 5.65. The number of benzene rings is 1. The summed E-state index contributed by atoms with van der Waals surface area (Å²) in [6.07, 6.45) is 0.650. The molecule has 122 valence electrons.